The Kier molecular flexibility index (Phi) is 4.07. The molecule has 0 amide bonds. The lowest BCUT2D eigenvalue weighted by molar-refractivity contribution is 0.242. The molecule has 0 radical (unpaired) electrons. The number of likely N-dealkylation sites (N-methyl/N-ethyl adjacent to an activating group) is 1. The van der Waals surface area contributed by atoms with Gasteiger partial charge in [0.2, 0.25) is 10.0 Å². The monoisotopic (exact) mass is 287 g/mol. The number of sulfonamides is 1. The zero-order valence-electron chi connectivity index (χ0n) is 10.8. The third-order valence-electron chi connectivity index (χ3n) is 3.19. The number of likely N-dealkylation sites (tertiary alicyclic amines) is 1. The first-order valence-corrected chi connectivity index (χ1v) is 7.63. The van der Waals surface area contributed by atoms with E-state index in [4.69, 9.17) is 5.73 Å². The van der Waals surface area contributed by atoms with Crippen LogP contribution in [-0.4, -0.2) is 39.5 Å². The maximum atomic E-state index is 13.7. The molecule has 1 aliphatic heterocycles. The third-order valence-corrected chi connectivity index (χ3v) is 4.75. The van der Waals surface area contributed by atoms with Gasteiger partial charge in [-0.3, -0.25) is 0 Å². The van der Waals surface area contributed by atoms with Crippen molar-refractivity contribution in [2.24, 2.45) is 0 Å². The van der Waals surface area contributed by atoms with Crippen LogP contribution in [-0.2, 0) is 10.0 Å². The van der Waals surface area contributed by atoms with Crippen LogP contribution in [0.15, 0.2) is 23.1 Å². The molecule has 1 saturated heterocycles. The maximum Gasteiger partial charge on any atom is 0.243 e. The van der Waals surface area contributed by atoms with Crippen molar-refractivity contribution in [2.45, 2.75) is 23.8 Å². The average molecular weight is 287 g/mol. The molecule has 1 atom stereocenters. The van der Waals surface area contributed by atoms with Crippen LogP contribution >= 0.6 is 0 Å². The fraction of sp³-hybridized carbons (Fsp3) is 0.500. The Labute approximate surface area is 112 Å². The third kappa shape index (κ3) is 3.43. The number of hydrogen-bond acceptors (Lipinski definition) is 4. The molecule has 1 aliphatic rings. The highest BCUT2D eigenvalue weighted by molar-refractivity contribution is 7.89. The van der Waals surface area contributed by atoms with E-state index in [1.165, 1.54) is 12.1 Å². The van der Waals surface area contributed by atoms with Gasteiger partial charge < -0.3 is 10.6 Å². The van der Waals surface area contributed by atoms with Crippen LogP contribution in [0.5, 0.6) is 0 Å². The van der Waals surface area contributed by atoms with Gasteiger partial charge in [-0.05, 0) is 44.6 Å². The lowest BCUT2D eigenvalue weighted by Crippen LogP contribution is -2.46. The number of anilines is 1. The highest BCUT2D eigenvalue weighted by Crippen LogP contribution is 2.18. The van der Waals surface area contributed by atoms with Gasteiger partial charge in [0.15, 0.2) is 0 Å². The van der Waals surface area contributed by atoms with E-state index in [2.05, 4.69) is 9.62 Å². The minimum Gasteiger partial charge on any atom is -0.399 e. The SMILES string of the molecule is CN1CCCC(NS(=O)(=O)c2ccc(N)cc2F)C1. The summed E-state index contributed by atoms with van der Waals surface area (Å²) in [5.41, 5.74) is 5.61. The van der Waals surface area contributed by atoms with E-state index in [9.17, 15) is 12.8 Å². The topological polar surface area (TPSA) is 75.4 Å². The number of rotatable bonds is 3. The summed E-state index contributed by atoms with van der Waals surface area (Å²) in [6.45, 7) is 1.59. The summed E-state index contributed by atoms with van der Waals surface area (Å²) in [5, 5.41) is 0. The van der Waals surface area contributed by atoms with Crippen molar-refractivity contribution in [2.75, 3.05) is 25.9 Å². The van der Waals surface area contributed by atoms with E-state index in [1.54, 1.807) is 0 Å². The Bertz CT molecular complexity index is 562. The summed E-state index contributed by atoms with van der Waals surface area (Å²) in [6, 6.07) is 3.41. The van der Waals surface area contributed by atoms with Crippen molar-refractivity contribution in [3.63, 3.8) is 0 Å². The molecular weight excluding hydrogens is 269 g/mol. The molecule has 1 fully saturated rings. The van der Waals surface area contributed by atoms with Gasteiger partial charge in [0.25, 0.3) is 0 Å². The molecule has 19 heavy (non-hydrogen) atoms. The predicted octanol–water partition coefficient (Wildman–Crippen LogP) is 0.780. The van der Waals surface area contributed by atoms with E-state index in [0.29, 0.717) is 6.54 Å². The molecule has 1 heterocycles. The van der Waals surface area contributed by atoms with Gasteiger partial charge in [0.1, 0.15) is 10.7 Å². The Morgan fingerprint density at radius 1 is 1.47 bits per heavy atom. The van der Waals surface area contributed by atoms with Gasteiger partial charge >= 0.3 is 0 Å². The molecule has 2 rings (SSSR count). The fourth-order valence-electron chi connectivity index (χ4n) is 2.28. The Morgan fingerprint density at radius 2 is 2.21 bits per heavy atom. The number of halogens is 1. The van der Waals surface area contributed by atoms with Crippen LogP contribution in [0.1, 0.15) is 12.8 Å². The molecular formula is C12H18FN3O2S. The maximum absolute atomic E-state index is 13.7. The number of nitrogens with one attached hydrogen (secondary N) is 1. The largest absolute Gasteiger partial charge is 0.399 e. The molecule has 3 N–H and O–H groups in total. The van der Waals surface area contributed by atoms with Crippen molar-refractivity contribution in [1.29, 1.82) is 0 Å². The highest BCUT2D eigenvalue weighted by Gasteiger charge is 2.25. The highest BCUT2D eigenvalue weighted by atomic mass is 32.2. The molecule has 0 bridgehead atoms. The van der Waals surface area contributed by atoms with Gasteiger partial charge in [-0.15, -0.1) is 0 Å². The minimum atomic E-state index is -3.84. The lowest BCUT2D eigenvalue weighted by atomic mass is 10.1. The van der Waals surface area contributed by atoms with Gasteiger partial charge in [0.05, 0.1) is 0 Å². The number of piperidine rings is 1. The van der Waals surface area contributed by atoms with Crippen LogP contribution in [0, 0.1) is 5.82 Å². The first-order chi connectivity index (χ1) is 8.88. The van der Waals surface area contributed by atoms with Gasteiger partial charge in [0, 0.05) is 18.3 Å². The van der Waals surface area contributed by atoms with Gasteiger partial charge in [-0.25, -0.2) is 17.5 Å². The Balaban J connectivity index is 2.18. The molecule has 0 saturated carbocycles. The molecule has 5 nitrogen and oxygen atoms in total. The molecule has 1 unspecified atom stereocenters. The summed E-state index contributed by atoms with van der Waals surface area (Å²) >= 11 is 0. The number of hydrogen-bond donors (Lipinski definition) is 2. The minimum absolute atomic E-state index is 0.180. The molecule has 106 valence electrons. The zero-order chi connectivity index (χ0) is 14.0. The van der Waals surface area contributed by atoms with E-state index < -0.39 is 15.8 Å². The smallest absolute Gasteiger partial charge is 0.243 e. The van der Waals surface area contributed by atoms with E-state index >= 15 is 0 Å². The van der Waals surface area contributed by atoms with Crippen LogP contribution in [0.3, 0.4) is 0 Å². The molecule has 0 aliphatic carbocycles. The van der Waals surface area contributed by atoms with Gasteiger partial charge in [-0.1, -0.05) is 0 Å². The summed E-state index contributed by atoms with van der Waals surface area (Å²) < 4.78 is 40.5. The first-order valence-electron chi connectivity index (χ1n) is 6.14. The van der Waals surface area contributed by atoms with Crippen LogP contribution in [0.25, 0.3) is 0 Å². The summed E-state index contributed by atoms with van der Waals surface area (Å²) in [6.07, 6.45) is 1.69. The van der Waals surface area contributed by atoms with Crippen molar-refractivity contribution in [1.82, 2.24) is 9.62 Å². The number of nitrogen functional groups attached to an aromatic ring is 1. The van der Waals surface area contributed by atoms with Crippen LogP contribution < -0.4 is 10.5 Å². The second-order valence-electron chi connectivity index (χ2n) is 4.91. The van der Waals surface area contributed by atoms with E-state index in [-0.39, 0.29) is 16.6 Å². The fourth-order valence-corrected chi connectivity index (χ4v) is 3.60. The number of nitrogens with two attached hydrogens (primary N) is 1. The molecule has 0 spiro atoms. The number of benzene rings is 1. The second-order valence-corrected chi connectivity index (χ2v) is 6.59. The quantitative estimate of drug-likeness (QED) is 0.806. The lowest BCUT2D eigenvalue weighted by Gasteiger charge is -2.30. The normalized spacial score (nSPS) is 21.5. The molecule has 0 aromatic heterocycles. The van der Waals surface area contributed by atoms with E-state index in [1.807, 2.05) is 7.05 Å². The van der Waals surface area contributed by atoms with Crippen LogP contribution in [0.4, 0.5) is 10.1 Å². The summed E-state index contributed by atoms with van der Waals surface area (Å²) in [4.78, 5) is 1.70. The van der Waals surface area contributed by atoms with Crippen molar-refractivity contribution in [3.05, 3.63) is 24.0 Å². The summed E-state index contributed by atoms with van der Waals surface area (Å²) in [5.74, 6) is -0.823. The summed E-state index contributed by atoms with van der Waals surface area (Å²) in [7, 11) is -1.90. The average Bonchev–Trinajstić information content (AvgIpc) is 2.27. The standard InChI is InChI=1S/C12H18FN3O2S/c1-16-6-2-3-10(8-16)15-19(17,18)12-5-4-9(14)7-11(12)13/h4-5,7,10,15H,2-3,6,8,14H2,1H3. The van der Waals surface area contributed by atoms with E-state index in [0.717, 1.165) is 25.5 Å². The second kappa shape index (κ2) is 5.44. The number of nitrogens with zero attached hydrogens (tertiary/aromatic N) is 1. The molecule has 1 aromatic rings. The zero-order valence-corrected chi connectivity index (χ0v) is 11.6. The van der Waals surface area contributed by atoms with Crippen LogP contribution in [0.2, 0.25) is 0 Å². The van der Waals surface area contributed by atoms with Crippen molar-refractivity contribution in [3.8, 4) is 0 Å². The first kappa shape index (κ1) is 14.2. The Morgan fingerprint density at radius 3 is 2.84 bits per heavy atom. The van der Waals surface area contributed by atoms with Gasteiger partial charge in [-0.2, -0.15) is 0 Å². The predicted molar refractivity (Wildman–Crippen MR) is 71.7 cm³/mol. The van der Waals surface area contributed by atoms with Crippen molar-refractivity contribution < 1.29 is 12.8 Å². The Hall–Kier alpha value is -1.18. The van der Waals surface area contributed by atoms with Crippen molar-refractivity contribution >= 4 is 15.7 Å². The molecule has 7 heteroatoms. The molecule has 1 aromatic carbocycles.